The molecule has 7 nitrogen and oxygen atoms in total. The molecule has 4 aliphatic rings. The van der Waals surface area contributed by atoms with Crippen molar-refractivity contribution in [3.05, 3.63) is 34.9 Å². The lowest BCUT2D eigenvalue weighted by Gasteiger charge is -2.47. The summed E-state index contributed by atoms with van der Waals surface area (Å²) in [5, 5.41) is 10.3. The number of carbonyl (C=O) groups is 2. The Hall–Kier alpha value is -2.38. The van der Waals surface area contributed by atoms with Crippen molar-refractivity contribution < 1.29 is 28.9 Å². The summed E-state index contributed by atoms with van der Waals surface area (Å²) in [6, 6.07) is 3.41. The standard InChI is InChI=1S/C18H17NO6/c1-23-15-7-18-9(4-12(15)20)2-3-19(18)17(22)16(21)10-5-13-14(6-11(10)18)25-8-24-13/h4-6,12,15,20H,2-3,7-8H2,1H3/t12-,15-,18+/m1/s1. The number of hydrogen-bond donors (Lipinski definition) is 1. The summed E-state index contributed by atoms with van der Waals surface area (Å²) in [5.74, 6) is 0.00949. The number of aliphatic hydroxyl groups excluding tert-OH is 1. The van der Waals surface area contributed by atoms with Gasteiger partial charge >= 0.3 is 0 Å². The average molecular weight is 343 g/mol. The summed E-state index contributed by atoms with van der Waals surface area (Å²) < 4.78 is 16.3. The Morgan fingerprint density at radius 3 is 2.80 bits per heavy atom. The highest BCUT2D eigenvalue weighted by atomic mass is 16.7. The maximum Gasteiger partial charge on any atom is 0.295 e. The SMILES string of the molecule is CO[C@@H]1C[C@@]23C(=C[C@H]1O)CCN2C(=O)C(=O)c1cc2c(cc13)OCO2. The number of rotatable bonds is 1. The Morgan fingerprint density at radius 1 is 1.28 bits per heavy atom. The number of Topliss-reactive ketones (excluding diaryl/α,β-unsaturated/α-hetero) is 1. The minimum absolute atomic E-state index is 0.0964. The van der Waals surface area contributed by atoms with Crippen LogP contribution in [0.4, 0.5) is 0 Å². The van der Waals surface area contributed by atoms with Gasteiger partial charge < -0.3 is 24.2 Å². The number of benzene rings is 1. The molecule has 1 amide bonds. The lowest BCUT2D eigenvalue weighted by Crippen LogP contribution is -2.57. The van der Waals surface area contributed by atoms with Crippen molar-refractivity contribution in [1.29, 1.82) is 0 Å². The van der Waals surface area contributed by atoms with Gasteiger partial charge in [-0.2, -0.15) is 0 Å². The summed E-state index contributed by atoms with van der Waals surface area (Å²) in [7, 11) is 1.54. The minimum Gasteiger partial charge on any atom is -0.454 e. The molecule has 3 aliphatic heterocycles. The summed E-state index contributed by atoms with van der Waals surface area (Å²) in [6.45, 7) is 0.548. The van der Waals surface area contributed by atoms with Crippen LogP contribution in [0.2, 0.25) is 0 Å². The molecule has 25 heavy (non-hydrogen) atoms. The molecule has 1 spiro atoms. The number of hydrogen-bond acceptors (Lipinski definition) is 6. The predicted molar refractivity (Wildman–Crippen MR) is 84.4 cm³/mol. The first-order valence-electron chi connectivity index (χ1n) is 8.28. The van der Waals surface area contributed by atoms with Crippen LogP contribution < -0.4 is 9.47 Å². The Balaban J connectivity index is 1.79. The first-order valence-corrected chi connectivity index (χ1v) is 8.28. The minimum atomic E-state index is -0.763. The number of aliphatic hydroxyl groups is 1. The van der Waals surface area contributed by atoms with E-state index in [1.807, 2.05) is 0 Å². The Labute approximate surface area is 143 Å². The van der Waals surface area contributed by atoms with Crippen LogP contribution in [0.15, 0.2) is 23.8 Å². The van der Waals surface area contributed by atoms with E-state index in [9.17, 15) is 14.7 Å². The number of ether oxygens (including phenoxy) is 3. The van der Waals surface area contributed by atoms with Crippen molar-refractivity contribution in [2.75, 3.05) is 20.4 Å². The molecule has 0 bridgehead atoms. The molecule has 7 heteroatoms. The molecule has 1 N–H and O–H groups in total. The Bertz CT molecular complexity index is 846. The van der Waals surface area contributed by atoms with Gasteiger partial charge in [-0.25, -0.2) is 0 Å². The molecule has 130 valence electrons. The fourth-order valence-corrected chi connectivity index (χ4v) is 4.63. The van der Waals surface area contributed by atoms with Crippen LogP contribution >= 0.6 is 0 Å². The molecule has 1 aromatic rings. The van der Waals surface area contributed by atoms with E-state index in [0.717, 1.165) is 11.1 Å². The van der Waals surface area contributed by atoms with Gasteiger partial charge in [0.1, 0.15) is 0 Å². The Morgan fingerprint density at radius 2 is 2.04 bits per heavy atom. The maximum absolute atomic E-state index is 12.8. The summed E-state index contributed by atoms with van der Waals surface area (Å²) in [6.07, 6.45) is 1.62. The molecule has 1 fully saturated rings. The number of carbonyl (C=O) groups excluding carboxylic acids is 2. The van der Waals surface area contributed by atoms with Crippen molar-refractivity contribution in [3.8, 4) is 11.5 Å². The smallest absolute Gasteiger partial charge is 0.295 e. The highest BCUT2D eigenvalue weighted by Crippen LogP contribution is 2.54. The van der Waals surface area contributed by atoms with E-state index in [1.165, 1.54) is 0 Å². The normalized spacial score (nSPS) is 32.2. The van der Waals surface area contributed by atoms with Gasteiger partial charge in [0.05, 0.1) is 17.7 Å². The van der Waals surface area contributed by atoms with Gasteiger partial charge in [0, 0.05) is 25.6 Å². The number of ketones is 1. The molecule has 0 saturated carbocycles. The second-order valence-electron chi connectivity index (χ2n) is 6.81. The molecule has 5 rings (SSSR count). The number of nitrogens with zero attached hydrogens (tertiary/aromatic N) is 1. The molecule has 0 unspecified atom stereocenters. The van der Waals surface area contributed by atoms with E-state index in [1.54, 1.807) is 30.2 Å². The highest BCUT2D eigenvalue weighted by Gasteiger charge is 2.58. The van der Waals surface area contributed by atoms with Crippen LogP contribution in [0.5, 0.6) is 11.5 Å². The maximum atomic E-state index is 12.8. The number of methoxy groups -OCH3 is 1. The summed E-state index contributed by atoms with van der Waals surface area (Å²) in [5.41, 5.74) is 1.28. The summed E-state index contributed by atoms with van der Waals surface area (Å²) in [4.78, 5) is 27.1. The molecule has 0 aromatic heterocycles. The van der Waals surface area contributed by atoms with Gasteiger partial charge in [0.25, 0.3) is 11.7 Å². The first-order chi connectivity index (χ1) is 12.1. The van der Waals surface area contributed by atoms with Gasteiger partial charge in [-0.1, -0.05) is 6.08 Å². The Kier molecular flexibility index (Phi) is 2.88. The molecule has 3 atom stereocenters. The summed E-state index contributed by atoms with van der Waals surface area (Å²) >= 11 is 0. The third-order valence-electron chi connectivity index (χ3n) is 5.79. The fourth-order valence-electron chi connectivity index (χ4n) is 4.63. The quantitative estimate of drug-likeness (QED) is 0.598. The van der Waals surface area contributed by atoms with E-state index < -0.39 is 29.4 Å². The second-order valence-corrected chi connectivity index (χ2v) is 6.81. The lowest BCUT2D eigenvalue weighted by molar-refractivity contribution is -0.133. The molecule has 0 radical (unpaired) electrons. The topological polar surface area (TPSA) is 85.3 Å². The number of amides is 1. The van der Waals surface area contributed by atoms with Crippen molar-refractivity contribution in [2.24, 2.45) is 0 Å². The van der Waals surface area contributed by atoms with Crippen LogP contribution in [0.25, 0.3) is 0 Å². The lowest BCUT2D eigenvalue weighted by atomic mass is 9.70. The second kappa shape index (κ2) is 4.83. The van der Waals surface area contributed by atoms with Crippen molar-refractivity contribution in [3.63, 3.8) is 0 Å². The van der Waals surface area contributed by atoms with Crippen molar-refractivity contribution >= 4 is 11.7 Å². The van der Waals surface area contributed by atoms with Crippen LogP contribution in [-0.4, -0.2) is 54.4 Å². The number of fused-ring (bicyclic) bond motifs is 2. The van der Waals surface area contributed by atoms with Crippen LogP contribution in [0.1, 0.15) is 28.8 Å². The zero-order valence-electron chi connectivity index (χ0n) is 13.7. The molecular weight excluding hydrogens is 326 g/mol. The molecule has 1 saturated heterocycles. The van der Waals surface area contributed by atoms with Crippen molar-refractivity contribution in [2.45, 2.75) is 30.6 Å². The zero-order valence-corrected chi connectivity index (χ0v) is 13.7. The van der Waals surface area contributed by atoms with Gasteiger partial charge in [0.2, 0.25) is 6.79 Å². The van der Waals surface area contributed by atoms with E-state index >= 15 is 0 Å². The predicted octanol–water partition coefficient (Wildman–Crippen LogP) is 0.745. The zero-order chi connectivity index (χ0) is 17.3. The van der Waals surface area contributed by atoms with Gasteiger partial charge in [-0.3, -0.25) is 9.59 Å². The van der Waals surface area contributed by atoms with Crippen LogP contribution in [0.3, 0.4) is 0 Å². The first kappa shape index (κ1) is 14.9. The monoisotopic (exact) mass is 343 g/mol. The van der Waals surface area contributed by atoms with Gasteiger partial charge in [-0.05, 0) is 29.7 Å². The molecule has 3 heterocycles. The van der Waals surface area contributed by atoms with E-state index in [0.29, 0.717) is 36.4 Å². The third-order valence-corrected chi connectivity index (χ3v) is 5.79. The third kappa shape index (κ3) is 1.72. The van der Waals surface area contributed by atoms with E-state index in [2.05, 4.69) is 0 Å². The molecular formula is C18H17NO6. The average Bonchev–Trinajstić information content (AvgIpc) is 3.22. The molecule has 1 aliphatic carbocycles. The van der Waals surface area contributed by atoms with E-state index in [4.69, 9.17) is 14.2 Å². The highest BCUT2D eigenvalue weighted by molar-refractivity contribution is 6.44. The van der Waals surface area contributed by atoms with Crippen molar-refractivity contribution in [1.82, 2.24) is 4.90 Å². The largest absolute Gasteiger partial charge is 0.454 e. The van der Waals surface area contributed by atoms with E-state index in [-0.39, 0.29) is 6.79 Å². The van der Waals surface area contributed by atoms with Crippen LogP contribution in [0, 0.1) is 0 Å². The molecule has 1 aromatic carbocycles. The van der Waals surface area contributed by atoms with Crippen LogP contribution in [-0.2, 0) is 15.1 Å². The fraction of sp³-hybridized carbons (Fsp3) is 0.444. The van der Waals surface area contributed by atoms with Gasteiger partial charge in [-0.15, -0.1) is 0 Å². The van der Waals surface area contributed by atoms with Gasteiger partial charge in [0.15, 0.2) is 11.5 Å².